The van der Waals surface area contributed by atoms with E-state index in [9.17, 15) is 9.90 Å². The highest BCUT2D eigenvalue weighted by atomic mass is 16.5. The van der Waals surface area contributed by atoms with Crippen LogP contribution in [-0.4, -0.2) is 18.0 Å². The van der Waals surface area contributed by atoms with E-state index in [0.717, 1.165) is 24.2 Å². The first-order valence-corrected chi connectivity index (χ1v) is 6.53. The average molecular weight is 246 g/mol. The lowest BCUT2D eigenvalue weighted by Gasteiger charge is -2.48. The van der Waals surface area contributed by atoms with Crippen molar-refractivity contribution in [3.8, 4) is 5.75 Å². The number of benzene rings is 1. The molecule has 96 valence electrons. The van der Waals surface area contributed by atoms with Gasteiger partial charge in [0, 0.05) is 12.3 Å². The summed E-state index contributed by atoms with van der Waals surface area (Å²) in [6.45, 7) is 0. The molecule has 0 aliphatic heterocycles. The molecule has 18 heavy (non-hydrogen) atoms. The van der Waals surface area contributed by atoms with Gasteiger partial charge in [-0.1, -0.05) is 12.1 Å². The van der Waals surface area contributed by atoms with Gasteiger partial charge in [0.05, 0.1) is 12.7 Å². The number of aliphatic hydroxyl groups is 1. The number of ketones is 1. The van der Waals surface area contributed by atoms with Crippen molar-refractivity contribution >= 4 is 5.78 Å². The molecule has 0 saturated heterocycles. The maximum Gasteiger partial charge on any atom is 0.136 e. The Bertz CT molecular complexity index is 465. The van der Waals surface area contributed by atoms with Crippen molar-refractivity contribution in [3.63, 3.8) is 0 Å². The van der Waals surface area contributed by atoms with Gasteiger partial charge in [-0.2, -0.15) is 0 Å². The van der Waals surface area contributed by atoms with Gasteiger partial charge in [-0.05, 0) is 42.9 Å². The second-order valence-corrected chi connectivity index (χ2v) is 5.50. The number of methoxy groups -OCH3 is 1. The van der Waals surface area contributed by atoms with Gasteiger partial charge in [-0.25, -0.2) is 0 Å². The van der Waals surface area contributed by atoms with Crippen molar-refractivity contribution in [2.24, 2.45) is 11.8 Å². The minimum atomic E-state index is -0.816. The summed E-state index contributed by atoms with van der Waals surface area (Å²) in [5.74, 6) is 1.27. The third-order valence-corrected chi connectivity index (χ3v) is 4.59. The standard InChI is InChI=1S/C15H18O3/c1-18-13-6-4-11(5-7-13)15(17)9-10-2-3-12(15)8-14(10)16/h4-7,10,12,17H,2-3,8-9H2,1H3. The fraction of sp³-hybridized carbons (Fsp3) is 0.533. The molecule has 1 N–H and O–H groups in total. The fourth-order valence-electron chi connectivity index (χ4n) is 3.47. The fourth-order valence-corrected chi connectivity index (χ4v) is 3.47. The number of Topliss-reactive ketones (excluding diaryl/α,β-unsaturated/α-hetero) is 1. The van der Waals surface area contributed by atoms with Gasteiger partial charge in [-0.15, -0.1) is 0 Å². The van der Waals surface area contributed by atoms with Crippen LogP contribution >= 0.6 is 0 Å². The van der Waals surface area contributed by atoms with Crippen molar-refractivity contribution in [3.05, 3.63) is 29.8 Å². The normalized spacial score (nSPS) is 34.7. The maximum absolute atomic E-state index is 11.7. The van der Waals surface area contributed by atoms with E-state index in [-0.39, 0.29) is 11.8 Å². The highest BCUT2D eigenvalue weighted by molar-refractivity contribution is 5.83. The van der Waals surface area contributed by atoms with Crippen molar-refractivity contribution < 1.29 is 14.6 Å². The minimum Gasteiger partial charge on any atom is -0.497 e. The number of ether oxygens (including phenoxy) is 1. The predicted octanol–water partition coefficient (Wildman–Crippen LogP) is 2.27. The molecular formula is C15H18O3. The molecule has 0 radical (unpaired) electrons. The van der Waals surface area contributed by atoms with Gasteiger partial charge in [0.2, 0.25) is 0 Å². The average Bonchev–Trinajstić information content (AvgIpc) is 2.40. The molecule has 3 aliphatic carbocycles. The first-order chi connectivity index (χ1) is 8.63. The van der Waals surface area contributed by atoms with Gasteiger partial charge >= 0.3 is 0 Å². The first-order valence-electron chi connectivity index (χ1n) is 6.53. The molecule has 0 amide bonds. The first kappa shape index (κ1) is 11.7. The molecule has 3 atom stereocenters. The van der Waals surface area contributed by atoms with E-state index >= 15 is 0 Å². The molecule has 3 nitrogen and oxygen atoms in total. The third-order valence-electron chi connectivity index (χ3n) is 4.59. The molecule has 3 unspecified atom stereocenters. The summed E-state index contributed by atoms with van der Waals surface area (Å²) in [7, 11) is 1.63. The molecule has 1 aromatic carbocycles. The summed E-state index contributed by atoms with van der Waals surface area (Å²) in [5, 5.41) is 10.9. The van der Waals surface area contributed by atoms with Gasteiger partial charge in [0.15, 0.2) is 0 Å². The number of fused-ring (bicyclic) bond motifs is 3. The van der Waals surface area contributed by atoms with Crippen LogP contribution in [0.4, 0.5) is 0 Å². The lowest BCUT2D eigenvalue weighted by Crippen LogP contribution is -2.49. The molecule has 0 heterocycles. The van der Waals surface area contributed by atoms with Crippen molar-refractivity contribution in [2.45, 2.75) is 31.3 Å². The SMILES string of the molecule is COc1ccc(C2(O)CC3CCC2CC3=O)cc1. The Morgan fingerprint density at radius 2 is 2.00 bits per heavy atom. The number of rotatable bonds is 2. The summed E-state index contributed by atoms with van der Waals surface area (Å²) in [6, 6.07) is 7.59. The van der Waals surface area contributed by atoms with E-state index in [1.54, 1.807) is 7.11 Å². The Morgan fingerprint density at radius 3 is 2.50 bits per heavy atom. The zero-order chi connectivity index (χ0) is 12.8. The van der Waals surface area contributed by atoms with Crippen molar-refractivity contribution in [1.29, 1.82) is 0 Å². The largest absolute Gasteiger partial charge is 0.497 e. The second kappa shape index (κ2) is 4.09. The zero-order valence-electron chi connectivity index (χ0n) is 10.6. The number of hydrogen-bond acceptors (Lipinski definition) is 3. The Kier molecular flexibility index (Phi) is 2.67. The van der Waals surface area contributed by atoms with Crippen LogP contribution in [0.25, 0.3) is 0 Å². The molecule has 0 spiro atoms. The number of carbonyl (C=O) groups excluding carboxylic acids is 1. The van der Waals surface area contributed by atoms with Crippen LogP contribution in [-0.2, 0) is 10.4 Å². The third kappa shape index (κ3) is 1.65. The number of hydrogen-bond donors (Lipinski definition) is 1. The molecule has 1 aromatic rings. The van der Waals surface area contributed by atoms with Crippen LogP contribution in [0.15, 0.2) is 24.3 Å². The van der Waals surface area contributed by atoms with Gasteiger partial charge in [0.25, 0.3) is 0 Å². The molecule has 2 bridgehead atoms. The van der Waals surface area contributed by atoms with Crippen molar-refractivity contribution in [1.82, 2.24) is 0 Å². The van der Waals surface area contributed by atoms with Crippen molar-refractivity contribution in [2.75, 3.05) is 7.11 Å². The van der Waals surface area contributed by atoms with Crippen LogP contribution < -0.4 is 4.74 Å². The summed E-state index contributed by atoms with van der Waals surface area (Å²) >= 11 is 0. The molecule has 3 aliphatic rings. The molecule has 3 heteroatoms. The minimum absolute atomic E-state index is 0.0575. The van der Waals surface area contributed by atoms with E-state index < -0.39 is 5.60 Å². The summed E-state index contributed by atoms with van der Waals surface area (Å²) in [6.07, 6.45) is 3.02. The van der Waals surface area contributed by atoms with E-state index in [1.165, 1.54) is 0 Å². The zero-order valence-corrected chi connectivity index (χ0v) is 10.6. The molecular weight excluding hydrogens is 228 g/mol. The second-order valence-electron chi connectivity index (χ2n) is 5.50. The van der Waals surface area contributed by atoms with Gasteiger partial charge < -0.3 is 9.84 Å². The highest BCUT2D eigenvalue weighted by Crippen LogP contribution is 2.50. The van der Waals surface area contributed by atoms with Gasteiger partial charge in [0.1, 0.15) is 11.5 Å². The Morgan fingerprint density at radius 1 is 1.28 bits per heavy atom. The summed E-state index contributed by atoms with van der Waals surface area (Å²) in [5.41, 5.74) is 0.105. The maximum atomic E-state index is 11.7. The Labute approximate surface area is 107 Å². The molecule has 3 fully saturated rings. The van der Waals surface area contributed by atoms with Crippen LogP contribution in [0.2, 0.25) is 0 Å². The van der Waals surface area contributed by atoms with E-state index in [2.05, 4.69) is 0 Å². The van der Waals surface area contributed by atoms with Crippen LogP contribution in [0.5, 0.6) is 5.75 Å². The van der Waals surface area contributed by atoms with E-state index in [0.29, 0.717) is 18.6 Å². The topological polar surface area (TPSA) is 46.5 Å². The van der Waals surface area contributed by atoms with Crippen LogP contribution in [0.3, 0.4) is 0 Å². The Hall–Kier alpha value is -1.35. The smallest absolute Gasteiger partial charge is 0.136 e. The monoisotopic (exact) mass is 246 g/mol. The quantitative estimate of drug-likeness (QED) is 0.870. The lowest BCUT2D eigenvalue weighted by molar-refractivity contribution is -0.150. The summed E-state index contributed by atoms with van der Waals surface area (Å²) < 4.78 is 5.13. The van der Waals surface area contributed by atoms with Gasteiger partial charge in [-0.3, -0.25) is 4.79 Å². The lowest BCUT2D eigenvalue weighted by atomic mass is 9.59. The highest BCUT2D eigenvalue weighted by Gasteiger charge is 2.50. The van der Waals surface area contributed by atoms with Crippen LogP contribution in [0.1, 0.15) is 31.2 Å². The van der Waals surface area contributed by atoms with E-state index in [1.807, 2.05) is 24.3 Å². The number of carbonyl (C=O) groups is 1. The summed E-state index contributed by atoms with van der Waals surface area (Å²) in [4.78, 5) is 11.7. The van der Waals surface area contributed by atoms with E-state index in [4.69, 9.17) is 4.74 Å². The molecule has 0 aromatic heterocycles. The predicted molar refractivity (Wildman–Crippen MR) is 67.3 cm³/mol. The Balaban J connectivity index is 1.92. The molecule has 4 rings (SSSR count). The molecule has 3 saturated carbocycles. The van der Waals surface area contributed by atoms with Crippen LogP contribution in [0, 0.1) is 11.8 Å².